The zero-order valence-electron chi connectivity index (χ0n) is 17.4. The fraction of sp³-hybridized carbons (Fsp3) is 0.667. The van der Waals surface area contributed by atoms with Crippen LogP contribution in [0.5, 0.6) is 0 Å². The number of esters is 2. The Kier molecular flexibility index (Phi) is 8.91. The SMILES string of the molecule is O=C(OCCC1CCCCC1)c1cc(S)cc(C(=O)OCCC2CCCCC2)c1. The second-order valence-corrected chi connectivity index (χ2v) is 9.14. The van der Waals surface area contributed by atoms with Crippen LogP contribution in [0.15, 0.2) is 23.1 Å². The van der Waals surface area contributed by atoms with E-state index in [1.807, 2.05) is 0 Å². The maximum Gasteiger partial charge on any atom is 0.338 e. The fourth-order valence-corrected chi connectivity index (χ4v) is 4.88. The zero-order chi connectivity index (χ0) is 20.5. The predicted molar refractivity (Wildman–Crippen MR) is 117 cm³/mol. The number of thiol groups is 1. The van der Waals surface area contributed by atoms with Crippen molar-refractivity contribution in [3.63, 3.8) is 0 Å². The molecule has 0 unspecified atom stereocenters. The minimum atomic E-state index is -0.395. The molecule has 0 spiro atoms. The molecular formula is C24H34O4S. The summed E-state index contributed by atoms with van der Waals surface area (Å²) in [7, 11) is 0. The third-order valence-corrected chi connectivity index (χ3v) is 6.62. The Labute approximate surface area is 180 Å². The summed E-state index contributed by atoms with van der Waals surface area (Å²) < 4.78 is 10.9. The molecule has 0 bridgehead atoms. The van der Waals surface area contributed by atoms with Gasteiger partial charge in [-0.15, -0.1) is 12.6 Å². The molecule has 0 aromatic heterocycles. The minimum Gasteiger partial charge on any atom is -0.462 e. The standard InChI is InChI=1S/C24H34O4S/c25-23(27-13-11-18-7-3-1-4-8-18)20-15-21(17-22(29)16-20)24(26)28-14-12-19-9-5-2-6-10-19/h15-19,29H,1-14H2. The average molecular weight is 419 g/mol. The number of rotatable bonds is 8. The quantitative estimate of drug-likeness (QED) is 0.402. The Balaban J connectivity index is 1.47. The number of ether oxygens (including phenoxy) is 2. The normalized spacial score (nSPS) is 18.4. The topological polar surface area (TPSA) is 52.6 Å². The van der Waals surface area contributed by atoms with Crippen LogP contribution in [0, 0.1) is 11.8 Å². The molecule has 5 heteroatoms. The molecule has 29 heavy (non-hydrogen) atoms. The molecule has 0 saturated heterocycles. The van der Waals surface area contributed by atoms with Crippen LogP contribution in [0.3, 0.4) is 0 Å². The van der Waals surface area contributed by atoms with E-state index in [9.17, 15) is 9.59 Å². The van der Waals surface area contributed by atoms with E-state index in [0.29, 0.717) is 41.1 Å². The van der Waals surface area contributed by atoms with E-state index in [-0.39, 0.29) is 0 Å². The van der Waals surface area contributed by atoms with Gasteiger partial charge in [0.1, 0.15) is 0 Å². The molecule has 2 saturated carbocycles. The van der Waals surface area contributed by atoms with E-state index < -0.39 is 11.9 Å². The van der Waals surface area contributed by atoms with Gasteiger partial charge < -0.3 is 9.47 Å². The maximum atomic E-state index is 12.4. The lowest BCUT2D eigenvalue weighted by Crippen LogP contribution is -2.14. The summed E-state index contributed by atoms with van der Waals surface area (Å²) >= 11 is 4.35. The Morgan fingerprint density at radius 1 is 0.724 bits per heavy atom. The van der Waals surface area contributed by atoms with Crippen LogP contribution in [-0.2, 0) is 9.47 Å². The van der Waals surface area contributed by atoms with Gasteiger partial charge in [0.15, 0.2) is 0 Å². The number of carbonyl (C=O) groups excluding carboxylic acids is 2. The van der Waals surface area contributed by atoms with E-state index in [1.165, 1.54) is 64.2 Å². The van der Waals surface area contributed by atoms with Crippen LogP contribution in [0.2, 0.25) is 0 Å². The average Bonchev–Trinajstić information content (AvgIpc) is 2.74. The molecule has 1 aromatic carbocycles. The van der Waals surface area contributed by atoms with Crippen molar-refractivity contribution in [3.8, 4) is 0 Å². The van der Waals surface area contributed by atoms with Crippen LogP contribution in [0.1, 0.15) is 97.8 Å². The van der Waals surface area contributed by atoms with Crippen molar-refractivity contribution < 1.29 is 19.1 Å². The van der Waals surface area contributed by atoms with E-state index in [0.717, 1.165) is 12.8 Å². The lowest BCUT2D eigenvalue weighted by atomic mass is 9.87. The Bertz CT molecular complexity index is 621. The first-order chi connectivity index (χ1) is 14.1. The molecule has 3 rings (SSSR count). The molecule has 160 valence electrons. The van der Waals surface area contributed by atoms with Crippen molar-refractivity contribution in [2.75, 3.05) is 13.2 Å². The molecule has 0 atom stereocenters. The summed E-state index contributed by atoms with van der Waals surface area (Å²) in [6.45, 7) is 0.864. The summed E-state index contributed by atoms with van der Waals surface area (Å²) in [5.41, 5.74) is 0.723. The summed E-state index contributed by atoms with van der Waals surface area (Å²) in [5, 5.41) is 0. The first kappa shape index (κ1) is 22.2. The maximum absolute atomic E-state index is 12.4. The second kappa shape index (κ2) is 11.6. The fourth-order valence-electron chi connectivity index (χ4n) is 4.60. The van der Waals surface area contributed by atoms with Gasteiger partial charge in [0.25, 0.3) is 0 Å². The van der Waals surface area contributed by atoms with Gasteiger partial charge in [0.2, 0.25) is 0 Å². The van der Waals surface area contributed by atoms with Crippen molar-refractivity contribution >= 4 is 24.6 Å². The number of hydrogen-bond donors (Lipinski definition) is 1. The van der Waals surface area contributed by atoms with Gasteiger partial charge in [-0.05, 0) is 42.9 Å². The Morgan fingerprint density at radius 2 is 1.14 bits per heavy atom. The van der Waals surface area contributed by atoms with E-state index in [4.69, 9.17) is 9.47 Å². The molecule has 2 fully saturated rings. The highest BCUT2D eigenvalue weighted by Crippen LogP contribution is 2.27. The monoisotopic (exact) mass is 418 g/mol. The van der Waals surface area contributed by atoms with E-state index >= 15 is 0 Å². The van der Waals surface area contributed by atoms with E-state index in [1.54, 1.807) is 18.2 Å². The molecule has 0 amide bonds. The van der Waals surface area contributed by atoms with Crippen LogP contribution in [0.25, 0.3) is 0 Å². The van der Waals surface area contributed by atoms with Crippen LogP contribution in [-0.4, -0.2) is 25.2 Å². The molecular weight excluding hydrogens is 384 g/mol. The molecule has 0 heterocycles. The summed E-state index contributed by atoms with van der Waals surface area (Å²) in [5.74, 6) is 0.547. The second-order valence-electron chi connectivity index (χ2n) is 8.63. The molecule has 0 aliphatic heterocycles. The first-order valence-electron chi connectivity index (χ1n) is 11.3. The minimum absolute atomic E-state index is 0.361. The largest absolute Gasteiger partial charge is 0.462 e. The Hall–Kier alpha value is -1.49. The van der Waals surface area contributed by atoms with Gasteiger partial charge in [-0.2, -0.15) is 0 Å². The lowest BCUT2D eigenvalue weighted by Gasteiger charge is -2.21. The van der Waals surface area contributed by atoms with E-state index in [2.05, 4.69) is 12.6 Å². The van der Waals surface area contributed by atoms with Crippen molar-refractivity contribution in [1.82, 2.24) is 0 Å². The molecule has 2 aliphatic carbocycles. The molecule has 1 aromatic rings. The van der Waals surface area contributed by atoms with Crippen molar-refractivity contribution in [2.45, 2.75) is 81.9 Å². The lowest BCUT2D eigenvalue weighted by molar-refractivity contribution is 0.0473. The van der Waals surface area contributed by atoms with Crippen molar-refractivity contribution in [3.05, 3.63) is 29.3 Å². The Morgan fingerprint density at radius 3 is 1.55 bits per heavy atom. The van der Waals surface area contributed by atoms with Crippen molar-refractivity contribution in [2.24, 2.45) is 11.8 Å². The zero-order valence-corrected chi connectivity index (χ0v) is 18.3. The van der Waals surface area contributed by atoms with Gasteiger partial charge >= 0.3 is 11.9 Å². The van der Waals surface area contributed by atoms with Crippen molar-refractivity contribution in [1.29, 1.82) is 0 Å². The smallest absolute Gasteiger partial charge is 0.338 e. The number of carbonyl (C=O) groups is 2. The summed E-state index contributed by atoms with van der Waals surface area (Å²) in [6, 6.07) is 4.85. The van der Waals surface area contributed by atoms with Gasteiger partial charge in [-0.25, -0.2) is 9.59 Å². The van der Waals surface area contributed by atoms with Gasteiger partial charge in [-0.1, -0.05) is 64.2 Å². The molecule has 4 nitrogen and oxygen atoms in total. The highest BCUT2D eigenvalue weighted by molar-refractivity contribution is 7.80. The molecule has 0 radical (unpaired) electrons. The first-order valence-corrected chi connectivity index (χ1v) is 11.7. The van der Waals surface area contributed by atoms with Crippen LogP contribution < -0.4 is 0 Å². The van der Waals surface area contributed by atoms with Gasteiger partial charge in [-0.3, -0.25) is 0 Å². The van der Waals surface area contributed by atoms with Crippen LogP contribution in [0.4, 0.5) is 0 Å². The third kappa shape index (κ3) is 7.36. The third-order valence-electron chi connectivity index (χ3n) is 6.36. The number of benzene rings is 1. The summed E-state index contributed by atoms with van der Waals surface area (Å²) in [4.78, 5) is 25.4. The number of hydrogen-bond acceptors (Lipinski definition) is 5. The highest BCUT2D eigenvalue weighted by Gasteiger charge is 2.18. The summed E-state index contributed by atoms with van der Waals surface area (Å²) in [6.07, 6.45) is 14.6. The van der Waals surface area contributed by atoms with Gasteiger partial charge in [0.05, 0.1) is 24.3 Å². The molecule has 0 N–H and O–H groups in total. The predicted octanol–water partition coefficient (Wildman–Crippen LogP) is 6.23. The van der Waals surface area contributed by atoms with Crippen LogP contribution >= 0.6 is 12.6 Å². The highest BCUT2D eigenvalue weighted by atomic mass is 32.1. The molecule has 2 aliphatic rings. The van der Waals surface area contributed by atoms with Gasteiger partial charge in [0, 0.05) is 4.90 Å².